The van der Waals surface area contributed by atoms with E-state index >= 15 is 4.39 Å². The number of alkyl halides is 3. The van der Waals surface area contributed by atoms with Crippen molar-refractivity contribution in [2.45, 2.75) is 53.5 Å². The number of hydrogen-bond acceptors (Lipinski definition) is 4. The summed E-state index contributed by atoms with van der Waals surface area (Å²) < 4.78 is 32.3. The van der Waals surface area contributed by atoms with E-state index in [-0.39, 0.29) is 24.5 Å². The van der Waals surface area contributed by atoms with Gasteiger partial charge in [-0.25, -0.2) is 0 Å². The van der Waals surface area contributed by atoms with Crippen LogP contribution in [0.4, 0.5) is 8.78 Å². The molecule has 0 unspecified atom stereocenters. The minimum atomic E-state index is -1.71. The molecular weight excluding hydrogens is 748 g/mol. The zero-order valence-electron chi connectivity index (χ0n) is 22.2. The van der Waals surface area contributed by atoms with Crippen LogP contribution in [0.25, 0.3) is 11.1 Å². The zero-order valence-corrected chi connectivity index (χ0v) is 26.5. The molecule has 3 aromatic rings. The maximum atomic E-state index is 15.3. The van der Waals surface area contributed by atoms with Crippen molar-refractivity contribution in [3.63, 3.8) is 0 Å². The summed E-state index contributed by atoms with van der Waals surface area (Å²) in [6, 6.07) is 5.87. The Hall–Kier alpha value is -2.62. The van der Waals surface area contributed by atoms with Gasteiger partial charge in [-0.3, -0.25) is 0 Å². The molecule has 2 saturated heterocycles. The molecule has 2 N–H and O–H groups in total. The Morgan fingerprint density at radius 1 is 1.23 bits per heavy atom. The number of aliphatic carboxylic acids is 1. The van der Waals surface area contributed by atoms with Crippen LogP contribution < -0.4 is 5.32 Å². The number of carbonyl (C=O) groups is 3. The number of benzene rings is 2. The standard InChI is InChI=1S/C28H28F2I2N4O4/c1-14-6-5-7-15(2)22(14)16-8-17(23(30)18(29)9-16)19(10-21(37)38)34-26(39)24-25-28(3,4)32(25)12-36(24)27(40)20-11-35(31)13-33-20/h5-9,11,13,19,24-25H,10,12H2,1-4H3,(H,34,39)(H,37,38)/t19-,24-,25-/m0/s1. The van der Waals surface area contributed by atoms with E-state index in [2.05, 4.69) is 24.1 Å². The Morgan fingerprint density at radius 3 is 2.50 bits per heavy atom. The first-order chi connectivity index (χ1) is 18.8. The van der Waals surface area contributed by atoms with Gasteiger partial charge in [0.15, 0.2) is 0 Å². The van der Waals surface area contributed by atoms with Crippen LogP contribution in [0, 0.1) is 25.5 Å². The molecule has 2 amide bonds. The topological polar surface area (TPSA) is 105 Å². The molecule has 0 saturated carbocycles. The fourth-order valence-corrected chi connectivity index (χ4v) is 14.6. The van der Waals surface area contributed by atoms with Crippen molar-refractivity contribution in [1.29, 1.82) is 0 Å². The van der Waals surface area contributed by atoms with Crippen LogP contribution in [0.2, 0.25) is 0 Å². The maximum absolute atomic E-state index is 15.3. The number of rotatable bonds is 7. The van der Waals surface area contributed by atoms with Gasteiger partial charge in [0.2, 0.25) is 0 Å². The number of carboxylic acids is 1. The second kappa shape index (κ2) is 10.7. The Labute approximate surface area is 251 Å². The Bertz CT molecular complexity index is 1520. The van der Waals surface area contributed by atoms with E-state index in [9.17, 15) is 23.9 Å². The van der Waals surface area contributed by atoms with Gasteiger partial charge < -0.3 is 0 Å². The van der Waals surface area contributed by atoms with Crippen molar-refractivity contribution >= 4 is 60.5 Å². The zero-order chi connectivity index (χ0) is 29.1. The number of aromatic nitrogens is 2. The normalized spacial score (nSPS) is 20.7. The van der Waals surface area contributed by atoms with E-state index in [1.807, 2.05) is 54.9 Å². The molecule has 0 aliphatic carbocycles. The van der Waals surface area contributed by atoms with E-state index in [4.69, 9.17) is 0 Å². The molecular formula is C28H28F2I2N4O4. The molecule has 3 atom stereocenters. The minimum absolute atomic E-state index is 0.00430. The van der Waals surface area contributed by atoms with Crippen molar-refractivity contribution in [2.24, 2.45) is 0 Å². The predicted octanol–water partition coefficient (Wildman–Crippen LogP) is 5.42. The van der Waals surface area contributed by atoms with Gasteiger partial charge in [0.05, 0.1) is 0 Å². The van der Waals surface area contributed by atoms with Crippen LogP contribution in [0.1, 0.15) is 53.5 Å². The molecule has 0 radical (unpaired) electrons. The summed E-state index contributed by atoms with van der Waals surface area (Å²) in [6.45, 7) is 7.87. The van der Waals surface area contributed by atoms with Gasteiger partial charge in [-0.15, -0.1) is 0 Å². The summed E-state index contributed by atoms with van der Waals surface area (Å²) in [5.74, 6) is -4.58. The molecule has 2 fully saturated rings. The number of carboxylic acid groups (broad SMARTS) is 1. The van der Waals surface area contributed by atoms with Gasteiger partial charge in [0.1, 0.15) is 0 Å². The Kier molecular flexibility index (Phi) is 7.70. The first-order valence-electron chi connectivity index (χ1n) is 12.5. The number of carbonyl (C=O) groups excluding carboxylic acids is 2. The molecule has 40 heavy (non-hydrogen) atoms. The second-order valence-corrected chi connectivity index (χ2v) is 18.8. The van der Waals surface area contributed by atoms with Crippen LogP contribution in [0.5, 0.6) is 0 Å². The van der Waals surface area contributed by atoms with Crippen LogP contribution in [0.15, 0.2) is 42.9 Å². The molecule has 3 heterocycles. The third kappa shape index (κ3) is 5.12. The van der Waals surface area contributed by atoms with Crippen molar-refractivity contribution in [1.82, 2.24) is 18.0 Å². The summed E-state index contributed by atoms with van der Waals surface area (Å²) in [5, 5.41) is 12.4. The number of nitrogens with one attached hydrogen (secondary N) is 1. The van der Waals surface area contributed by atoms with Gasteiger partial charge in [0.25, 0.3) is 0 Å². The summed E-state index contributed by atoms with van der Waals surface area (Å²) >= 11 is 0.268. The number of nitrogens with zero attached hydrogens (tertiary/aromatic N) is 3. The predicted molar refractivity (Wildman–Crippen MR) is 163 cm³/mol. The monoisotopic (exact) mass is 776 g/mol. The molecule has 2 aliphatic heterocycles. The Morgan fingerprint density at radius 2 is 1.90 bits per heavy atom. The van der Waals surface area contributed by atoms with Crippen molar-refractivity contribution in [3.8, 4) is 11.1 Å². The number of amides is 2. The van der Waals surface area contributed by atoms with Crippen molar-refractivity contribution < 1.29 is 28.3 Å². The van der Waals surface area contributed by atoms with Crippen LogP contribution in [-0.2, 0) is 9.59 Å². The summed E-state index contributed by atoms with van der Waals surface area (Å²) in [6.07, 6.45) is 2.40. The molecule has 1 aromatic heterocycles. The third-order valence-corrected chi connectivity index (χ3v) is 17.0. The van der Waals surface area contributed by atoms with Gasteiger partial charge in [0, 0.05) is 0 Å². The van der Waals surface area contributed by atoms with E-state index in [0.717, 1.165) is 17.2 Å². The van der Waals surface area contributed by atoms with Gasteiger partial charge in [-0.05, 0) is 0 Å². The van der Waals surface area contributed by atoms with Crippen LogP contribution >= 0.6 is 42.7 Å². The first kappa shape index (κ1) is 28.9. The number of halogens is 4. The quantitative estimate of drug-likeness (QED) is 0.190. The van der Waals surface area contributed by atoms with Crippen molar-refractivity contribution in [2.75, 3.05) is 4.55 Å². The Balaban J connectivity index is 1.51. The van der Waals surface area contributed by atoms with E-state index in [1.165, 1.54) is 17.3 Å². The second-order valence-electron chi connectivity index (χ2n) is 10.6. The summed E-state index contributed by atoms with van der Waals surface area (Å²) in [7, 11) is 0. The fraction of sp³-hybridized carbons (Fsp3) is 0.357. The van der Waals surface area contributed by atoms with E-state index in [1.54, 1.807) is 8.98 Å². The van der Waals surface area contributed by atoms with Gasteiger partial charge in [-0.2, -0.15) is 0 Å². The third-order valence-electron chi connectivity index (χ3n) is 7.58. The number of fused-ring (bicyclic) bond motifs is 1. The molecule has 5 rings (SSSR count). The average Bonchev–Trinajstić information content (AvgIpc) is 3.24. The van der Waals surface area contributed by atoms with Gasteiger partial charge in [-0.1, -0.05) is 0 Å². The van der Waals surface area contributed by atoms with Crippen molar-refractivity contribution in [3.05, 3.63) is 76.9 Å². The van der Waals surface area contributed by atoms with Gasteiger partial charge >= 0.3 is 253 Å². The molecule has 2 aliphatic rings. The fourth-order valence-electron chi connectivity index (χ4n) is 5.58. The molecule has 12 heteroatoms. The SMILES string of the molecule is Cc1cccc(C)c1-c1cc(F)c(F)c([C@H](CC(=O)O)NC(=O)[C@@H]2[C@@H]3I(CN2C(=O)c2cn(I)cn2)C3(C)C)c1. The number of hydrogen-bond donors (Lipinski definition) is 2. The number of imidazole rings is 1. The van der Waals surface area contributed by atoms with Crippen LogP contribution in [-0.4, -0.2) is 53.5 Å². The molecule has 212 valence electrons. The summed E-state index contributed by atoms with van der Waals surface area (Å²) in [5.41, 5.74) is 2.74. The number of aryl methyl sites for hydroxylation is 2. The van der Waals surface area contributed by atoms with E-state index in [0.29, 0.717) is 15.7 Å². The summed E-state index contributed by atoms with van der Waals surface area (Å²) in [4.78, 5) is 44.7. The average molecular weight is 776 g/mol. The molecule has 2 aromatic carbocycles. The first-order valence-corrected chi connectivity index (χ1v) is 17.4. The van der Waals surface area contributed by atoms with E-state index < -0.39 is 61.8 Å². The van der Waals surface area contributed by atoms with Crippen LogP contribution in [0.3, 0.4) is 0 Å². The molecule has 0 spiro atoms. The molecule has 0 bridgehead atoms. The molecule has 8 nitrogen and oxygen atoms in total.